The number of alkyl halides is 1. The zero-order chi connectivity index (χ0) is 11.8. The molecule has 1 aromatic rings. The summed E-state index contributed by atoms with van der Waals surface area (Å²) < 4.78 is 10.3. The molecular formula is C12H15ClO3. The summed E-state index contributed by atoms with van der Waals surface area (Å²) in [5.41, 5.74) is 0.825. The molecule has 88 valence electrons. The van der Waals surface area contributed by atoms with Crippen molar-refractivity contribution in [2.24, 2.45) is 0 Å². The first-order chi connectivity index (χ1) is 7.77. The molecule has 0 radical (unpaired) electrons. The van der Waals surface area contributed by atoms with Crippen LogP contribution in [0.1, 0.15) is 12.5 Å². The standard InChI is InChI=1S/C12H15ClO3/c1-2-15-12(14)9-10-5-3-4-6-11(10)16-8-7-13/h3-6H,2,7-9H2,1H3. The molecule has 0 aliphatic carbocycles. The van der Waals surface area contributed by atoms with Gasteiger partial charge in [0.05, 0.1) is 18.9 Å². The Balaban J connectivity index is 2.66. The molecule has 0 unspecified atom stereocenters. The van der Waals surface area contributed by atoms with E-state index in [0.29, 0.717) is 24.8 Å². The van der Waals surface area contributed by atoms with Gasteiger partial charge in [0.15, 0.2) is 0 Å². The van der Waals surface area contributed by atoms with Gasteiger partial charge in [0.2, 0.25) is 0 Å². The topological polar surface area (TPSA) is 35.5 Å². The molecule has 0 aliphatic rings. The van der Waals surface area contributed by atoms with Crippen LogP contribution in [0.5, 0.6) is 5.75 Å². The van der Waals surface area contributed by atoms with Crippen LogP contribution < -0.4 is 4.74 Å². The van der Waals surface area contributed by atoms with Gasteiger partial charge in [-0.15, -0.1) is 11.6 Å². The van der Waals surface area contributed by atoms with E-state index in [9.17, 15) is 4.79 Å². The maximum absolute atomic E-state index is 11.3. The summed E-state index contributed by atoms with van der Waals surface area (Å²) in [5.74, 6) is 0.869. The lowest BCUT2D eigenvalue weighted by molar-refractivity contribution is -0.142. The van der Waals surface area contributed by atoms with Crippen LogP contribution >= 0.6 is 11.6 Å². The Morgan fingerprint density at radius 3 is 2.81 bits per heavy atom. The van der Waals surface area contributed by atoms with Gasteiger partial charge in [-0.2, -0.15) is 0 Å². The molecular weight excluding hydrogens is 228 g/mol. The van der Waals surface area contributed by atoms with Gasteiger partial charge in [-0.1, -0.05) is 18.2 Å². The predicted octanol–water partition coefficient (Wildman–Crippen LogP) is 2.41. The van der Waals surface area contributed by atoms with Crippen molar-refractivity contribution < 1.29 is 14.3 Å². The Kier molecular flexibility index (Phi) is 5.72. The average molecular weight is 243 g/mol. The Morgan fingerprint density at radius 2 is 2.12 bits per heavy atom. The van der Waals surface area contributed by atoms with Gasteiger partial charge < -0.3 is 9.47 Å². The van der Waals surface area contributed by atoms with Gasteiger partial charge in [0.25, 0.3) is 0 Å². The highest BCUT2D eigenvalue weighted by Crippen LogP contribution is 2.18. The van der Waals surface area contributed by atoms with Crippen LogP contribution in [0.3, 0.4) is 0 Å². The van der Waals surface area contributed by atoms with E-state index >= 15 is 0 Å². The quantitative estimate of drug-likeness (QED) is 0.568. The number of halogens is 1. The molecule has 0 bridgehead atoms. The van der Waals surface area contributed by atoms with E-state index in [2.05, 4.69) is 0 Å². The van der Waals surface area contributed by atoms with Crippen molar-refractivity contribution in [1.82, 2.24) is 0 Å². The van der Waals surface area contributed by atoms with E-state index < -0.39 is 0 Å². The average Bonchev–Trinajstić information content (AvgIpc) is 2.28. The third kappa shape index (κ3) is 4.11. The number of ether oxygens (including phenoxy) is 2. The Morgan fingerprint density at radius 1 is 1.38 bits per heavy atom. The van der Waals surface area contributed by atoms with E-state index in [1.165, 1.54) is 0 Å². The zero-order valence-corrected chi connectivity index (χ0v) is 10.00. The number of hydrogen-bond donors (Lipinski definition) is 0. The number of para-hydroxylation sites is 1. The molecule has 16 heavy (non-hydrogen) atoms. The minimum atomic E-state index is -0.246. The van der Waals surface area contributed by atoms with Gasteiger partial charge >= 0.3 is 5.97 Å². The molecule has 0 spiro atoms. The van der Waals surface area contributed by atoms with Crippen LogP contribution in [-0.2, 0) is 16.0 Å². The van der Waals surface area contributed by atoms with Gasteiger partial charge in [0, 0.05) is 5.56 Å². The van der Waals surface area contributed by atoms with Gasteiger partial charge in [-0.3, -0.25) is 4.79 Å². The summed E-state index contributed by atoms with van der Waals surface area (Å²) in [6, 6.07) is 7.39. The molecule has 0 saturated carbocycles. The van der Waals surface area contributed by atoms with Crippen molar-refractivity contribution in [3.63, 3.8) is 0 Å². The van der Waals surface area contributed by atoms with E-state index in [0.717, 1.165) is 5.56 Å². The van der Waals surface area contributed by atoms with Crippen LogP contribution in [0.15, 0.2) is 24.3 Å². The lowest BCUT2D eigenvalue weighted by atomic mass is 10.1. The minimum absolute atomic E-state index is 0.228. The highest BCUT2D eigenvalue weighted by atomic mass is 35.5. The van der Waals surface area contributed by atoms with Crippen LogP contribution in [0.4, 0.5) is 0 Å². The largest absolute Gasteiger partial charge is 0.492 e. The van der Waals surface area contributed by atoms with Gasteiger partial charge in [-0.05, 0) is 13.0 Å². The van der Waals surface area contributed by atoms with Crippen molar-refractivity contribution in [3.05, 3.63) is 29.8 Å². The van der Waals surface area contributed by atoms with Crippen molar-refractivity contribution in [3.8, 4) is 5.75 Å². The third-order valence-electron chi connectivity index (χ3n) is 1.95. The summed E-state index contributed by atoms with van der Waals surface area (Å²) in [6.45, 7) is 2.61. The van der Waals surface area contributed by atoms with E-state index in [1.54, 1.807) is 6.92 Å². The summed E-state index contributed by atoms with van der Waals surface area (Å²) in [6.07, 6.45) is 0.228. The second-order valence-corrected chi connectivity index (χ2v) is 3.50. The second kappa shape index (κ2) is 7.12. The fraction of sp³-hybridized carbons (Fsp3) is 0.417. The molecule has 1 rings (SSSR count). The van der Waals surface area contributed by atoms with Crippen molar-refractivity contribution >= 4 is 17.6 Å². The number of benzene rings is 1. The molecule has 0 aromatic heterocycles. The van der Waals surface area contributed by atoms with E-state index in [-0.39, 0.29) is 12.4 Å². The fourth-order valence-corrected chi connectivity index (χ4v) is 1.38. The molecule has 4 heteroatoms. The molecule has 0 heterocycles. The Labute approximate surface area is 100 Å². The summed E-state index contributed by atoms with van der Waals surface area (Å²) >= 11 is 5.54. The molecule has 0 amide bonds. The van der Waals surface area contributed by atoms with Gasteiger partial charge in [-0.25, -0.2) is 0 Å². The SMILES string of the molecule is CCOC(=O)Cc1ccccc1OCCCl. The molecule has 0 fully saturated rings. The highest BCUT2D eigenvalue weighted by Gasteiger charge is 2.08. The molecule has 0 saturated heterocycles. The van der Waals surface area contributed by atoms with Crippen LogP contribution in [-0.4, -0.2) is 25.1 Å². The number of esters is 1. The minimum Gasteiger partial charge on any atom is -0.492 e. The van der Waals surface area contributed by atoms with Crippen LogP contribution in [0.2, 0.25) is 0 Å². The molecule has 0 aliphatic heterocycles. The zero-order valence-electron chi connectivity index (χ0n) is 9.24. The van der Waals surface area contributed by atoms with Crippen LogP contribution in [0, 0.1) is 0 Å². The normalized spacial score (nSPS) is 9.88. The first kappa shape index (κ1) is 12.8. The monoisotopic (exact) mass is 242 g/mol. The maximum Gasteiger partial charge on any atom is 0.310 e. The lowest BCUT2D eigenvalue weighted by Gasteiger charge is -2.09. The Hall–Kier alpha value is -1.22. The smallest absolute Gasteiger partial charge is 0.310 e. The van der Waals surface area contributed by atoms with E-state index in [1.807, 2.05) is 24.3 Å². The first-order valence-electron chi connectivity index (χ1n) is 5.20. The Bertz CT molecular complexity index is 339. The second-order valence-electron chi connectivity index (χ2n) is 3.13. The number of carbonyl (C=O) groups excluding carboxylic acids is 1. The lowest BCUT2D eigenvalue weighted by Crippen LogP contribution is -2.09. The number of hydrogen-bond acceptors (Lipinski definition) is 3. The first-order valence-corrected chi connectivity index (χ1v) is 5.73. The maximum atomic E-state index is 11.3. The summed E-state index contributed by atoms with van der Waals surface area (Å²) in [4.78, 5) is 11.3. The molecule has 3 nitrogen and oxygen atoms in total. The fourth-order valence-electron chi connectivity index (χ4n) is 1.31. The number of rotatable bonds is 6. The van der Waals surface area contributed by atoms with Crippen LogP contribution in [0.25, 0.3) is 0 Å². The summed E-state index contributed by atoms with van der Waals surface area (Å²) in [5, 5.41) is 0. The van der Waals surface area contributed by atoms with E-state index in [4.69, 9.17) is 21.1 Å². The van der Waals surface area contributed by atoms with Gasteiger partial charge in [0.1, 0.15) is 12.4 Å². The number of carbonyl (C=O) groups is 1. The summed E-state index contributed by atoms with van der Waals surface area (Å²) in [7, 11) is 0. The highest BCUT2D eigenvalue weighted by molar-refractivity contribution is 6.18. The molecule has 0 atom stereocenters. The van der Waals surface area contributed by atoms with Crippen molar-refractivity contribution in [1.29, 1.82) is 0 Å². The third-order valence-corrected chi connectivity index (χ3v) is 2.10. The molecule has 0 N–H and O–H groups in total. The predicted molar refractivity (Wildman–Crippen MR) is 63.0 cm³/mol. The molecule has 1 aromatic carbocycles. The van der Waals surface area contributed by atoms with Crippen molar-refractivity contribution in [2.45, 2.75) is 13.3 Å². The van der Waals surface area contributed by atoms with Crippen molar-refractivity contribution in [2.75, 3.05) is 19.1 Å².